The molecule has 0 aliphatic heterocycles. The third kappa shape index (κ3) is 5.38. The molecule has 0 saturated heterocycles. The lowest BCUT2D eigenvalue weighted by molar-refractivity contribution is -0.159. The van der Waals surface area contributed by atoms with Crippen LogP contribution in [0.25, 0.3) is 0 Å². The number of esters is 2. The lowest BCUT2D eigenvalue weighted by Gasteiger charge is -2.11. The second-order valence-electron chi connectivity index (χ2n) is 4.28. The highest BCUT2D eigenvalue weighted by Crippen LogP contribution is 2.33. The van der Waals surface area contributed by atoms with E-state index in [0.29, 0.717) is 34.4 Å². The summed E-state index contributed by atoms with van der Waals surface area (Å²) in [4.78, 5) is 23.1. The average molecular weight is 358 g/mol. The van der Waals surface area contributed by atoms with E-state index in [-0.39, 0.29) is 12.8 Å². The maximum absolute atomic E-state index is 11.7. The Balaban J connectivity index is 2.74. The second kappa shape index (κ2) is 8.67. The Morgan fingerprint density at radius 2 is 1.76 bits per heavy atom. The van der Waals surface area contributed by atoms with Crippen LogP contribution in [0.1, 0.15) is 24.8 Å². The van der Waals surface area contributed by atoms with Gasteiger partial charge in [-0.1, -0.05) is 29.3 Å². The smallest absolute Gasteiger partial charge is 0.317 e. The molecule has 0 amide bonds. The number of methoxy groups -OCH3 is 2. The fraction of sp³-hybridized carbons (Fsp3) is 0.400. The minimum absolute atomic E-state index is 0.0307. The van der Waals surface area contributed by atoms with Gasteiger partial charge in [-0.2, -0.15) is 0 Å². The molecule has 0 unspecified atom stereocenters. The van der Waals surface area contributed by atoms with Crippen molar-refractivity contribution in [2.75, 3.05) is 14.2 Å². The predicted molar refractivity (Wildman–Crippen MR) is 81.3 cm³/mol. The first-order valence-corrected chi connectivity index (χ1v) is 7.24. The van der Waals surface area contributed by atoms with Gasteiger partial charge in [0.25, 0.3) is 0 Å². The quantitative estimate of drug-likeness (QED) is 0.554. The molecule has 115 valence electrons. The van der Waals surface area contributed by atoms with Gasteiger partial charge in [0.15, 0.2) is 11.5 Å². The molecule has 5 nitrogen and oxygen atoms in total. The zero-order chi connectivity index (χ0) is 15.8. The standard InChI is InChI=1S/C15H18BrO5/c1-4-5-6-14(17)21-15(18)8-10-7-12(19-2)13(20-3)9-11(10)16/h7,9H,1,4-6,8H2,2-3H3. The van der Waals surface area contributed by atoms with Crippen molar-refractivity contribution in [2.24, 2.45) is 0 Å². The highest BCUT2D eigenvalue weighted by molar-refractivity contribution is 9.10. The molecule has 0 aliphatic rings. The van der Waals surface area contributed by atoms with Gasteiger partial charge in [0, 0.05) is 10.9 Å². The number of ether oxygens (including phenoxy) is 3. The van der Waals surface area contributed by atoms with E-state index in [9.17, 15) is 9.59 Å². The van der Waals surface area contributed by atoms with Gasteiger partial charge in [-0.3, -0.25) is 9.59 Å². The van der Waals surface area contributed by atoms with Crippen molar-refractivity contribution in [3.05, 3.63) is 29.1 Å². The Labute approximate surface area is 132 Å². The van der Waals surface area contributed by atoms with Crippen molar-refractivity contribution in [3.63, 3.8) is 0 Å². The number of benzene rings is 1. The molecule has 6 heteroatoms. The van der Waals surface area contributed by atoms with Crippen LogP contribution in [0.2, 0.25) is 0 Å². The van der Waals surface area contributed by atoms with Crippen LogP contribution in [0.4, 0.5) is 0 Å². The summed E-state index contributed by atoms with van der Waals surface area (Å²) in [5, 5.41) is 0. The zero-order valence-corrected chi connectivity index (χ0v) is 13.7. The summed E-state index contributed by atoms with van der Waals surface area (Å²) in [5.41, 5.74) is 0.655. The highest BCUT2D eigenvalue weighted by atomic mass is 79.9. The van der Waals surface area contributed by atoms with Crippen LogP contribution in [0.3, 0.4) is 0 Å². The lowest BCUT2D eigenvalue weighted by atomic mass is 10.1. The van der Waals surface area contributed by atoms with Crippen LogP contribution in [-0.2, 0) is 20.7 Å². The van der Waals surface area contributed by atoms with E-state index in [1.807, 2.05) is 0 Å². The Morgan fingerprint density at radius 1 is 1.14 bits per heavy atom. The van der Waals surface area contributed by atoms with Gasteiger partial charge in [0.2, 0.25) is 0 Å². The van der Waals surface area contributed by atoms with Crippen LogP contribution in [0.5, 0.6) is 11.5 Å². The summed E-state index contributed by atoms with van der Waals surface area (Å²) < 4.78 is 15.8. The van der Waals surface area contributed by atoms with E-state index >= 15 is 0 Å². The predicted octanol–water partition coefficient (Wildman–Crippen LogP) is 3.08. The molecular formula is C15H18BrO5. The maximum Gasteiger partial charge on any atom is 0.317 e. The minimum Gasteiger partial charge on any atom is -0.493 e. The highest BCUT2D eigenvalue weighted by Gasteiger charge is 2.15. The van der Waals surface area contributed by atoms with Crippen LogP contribution in [0.15, 0.2) is 16.6 Å². The van der Waals surface area contributed by atoms with Crippen LogP contribution < -0.4 is 9.47 Å². The minimum atomic E-state index is -0.600. The largest absolute Gasteiger partial charge is 0.493 e. The third-order valence-corrected chi connectivity index (χ3v) is 3.48. The maximum atomic E-state index is 11.7. The first-order chi connectivity index (χ1) is 10.0. The van der Waals surface area contributed by atoms with Gasteiger partial charge < -0.3 is 14.2 Å². The number of carbonyl (C=O) groups excluding carboxylic acids is 2. The van der Waals surface area contributed by atoms with Crippen molar-refractivity contribution in [2.45, 2.75) is 25.7 Å². The SMILES string of the molecule is [CH2]CCCC(=O)OC(=O)Cc1cc(OC)c(OC)cc1Br. The van der Waals surface area contributed by atoms with Crippen molar-refractivity contribution in [3.8, 4) is 11.5 Å². The van der Waals surface area contributed by atoms with E-state index in [1.54, 1.807) is 12.1 Å². The molecule has 1 radical (unpaired) electrons. The van der Waals surface area contributed by atoms with Crippen LogP contribution >= 0.6 is 15.9 Å². The number of carbonyl (C=O) groups is 2. The molecule has 0 heterocycles. The summed E-state index contributed by atoms with van der Waals surface area (Å²) >= 11 is 3.35. The van der Waals surface area contributed by atoms with Crippen molar-refractivity contribution in [1.29, 1.82) is 0 Å². The Hall–Kier alpha value is -1.56. The van der Waals surface area contributed by atoms with E-state index in [1.165, 1.54) is 14.2 Å². The van der Waals surface area contributed by atoms with Gasteiger partial charge >= 0.3 is 11.9 Å². The Morgan fingerprint density at radius 3 is 2.33 bits per heavy atom. The van der Waals surface area contributed by atoms with Crippen LogP contribution in [0, 0.1) is 6.92 Å². The molecule has 1 aromatic rings. The molecule has 0 bridgehead atoms. The van der Waals surface area contributed by atoms with E-state index in [2.05, 4.69) is 22.9 Å². The topological polar surface area (TPSA) is 61.8 Å². The molecule has 0 saturated carbocycles. The van der Waals surface area contributed by atoms with Crippen molar-refractivity contribution in [1.82, 2.24) is 0 Å². The first kappa shape index (κ1) is 17.5. The molecule has 0 aromatic heterocycles. The summed E-state index contributed by atoms with van der Waals surface area (Å²) in [6.07, 6.45) is 1.40. The summed E-state index contributed by atoms with van der Waals surface area (Å²) in [6.45, 7) is 3.63. The van der Waals surface area contributed by atoms with Crippen molar-refractivity contribution >= 4 is 27.9 Å². The van der Waals surface area contributed by atoms with Gasteiger partial charge in [0.05, 0.1) is 20.6 Å². The van der Waals surface area contributed by atoms with Gasteiger partial charge in [-0.25, -0.2) is 0 Å². The molecule has 0 aliphatic carbocycles. The van der Waals surface area contributed by atoms with Crippen LogP contribution in [-0.4, -0.2) is 26.2 Å². The second-order valence-corrected chi connectivity index (χ2v) is 5.13. The molecule has 0 N–H and O–H groups in total. The number of halogens is 1. The van der Waals surface area contributed by atoms with Gasteiger partial charge in [-0.15, -0.1) is 0 Å². The summed E-state index contributed by atoms with van der Waals surface area (Å²) in [7, 11) is 3.04. The lowest BCUT2D eigenvalue weighted by Crippen LogP contribution is -2.14. The zero-order valence-electron chi connectivity index (χ0n) is 12.1. The normalized spacial score (nSPS) is 10.1. The fourth-order valence-corrected chi connectivity index (χ4v) is 2.13. The molecule has 1 rings (SSSR count). The summed E-state index contributed by atoms with van der Waals surface area (Å²) in [5.74, 6) is -0.0721. The molecule has 0 atom stereocenters. The number of hydrogen-bond acceptors (Lipinski definition) is 5. The fourth-order valence-electron chi connectivity index (χ4n) is 1.67. The van der Waals surface area contributed by atoms with E-state index in [0.717, 1.165) is 0 Å². The number of unbranched alkanes of at least 4 members (excludes halogenated alkanes) is 1. The monoisotopic (exact) mass is 357 g/mol. The molecule has 1 aromatic carbocycles. The molecular weight excluding hydrogens is 340 g/mol. The van der Waals surface area contributed by atoms with E-state index in [4.69, 9.17) is 14.2 Å². The Kier molecular flexibility index (Phi) is 7.22. The van der Waals surface area contributed by atoms with E-state index < -0.39 is 11.9 Å². The average Bonchev–Trinajstić information content (AvgIpc) is 2.46. The first-order valence-electron chi connectivity index (χ1n) is 6.45. The van der Waals surface area contributed by atoms with Crippen molar-refractivity contribution < 1.29 is 23.8 Å². The molecule has 0 fully saturated rings. The Bertz CT molecular complexity index is 513. The summed E-state index contributed by atoms with van der Waals surface area (Å²) in [6, 6.07) is 3.37. The number of hydrogen-bond donors (Lipinski definition) is 0. The molecule has 0 spiro atoms. The molecule has 21 heavy (non-hydrogen) atoms. The van der Waals surface area contributed by atoms with Gasteiger partial charge in [0.1, 0.15) is 0 Å². The number of rotatable bonds is 7. The third-order valence-electron chi connectivity index (χ3n) is 2.75. The van der Waals surface area contributed by atoms with Gasteiger partial charge in [-0.05, 0) is 24.1 Å².